The molecule has 0 unspecified atom stereocenters. The molecule has 0 aliphatic carbocycles. The molecule has 1 aromatic heterocycles. The van der Waals surface area contributed by atoms with Crippen molar-refractivity contribution in [3.05, 3.63) is 34.7 Å². The molecule has 1 aromatic carbocycles. The van der Waals surface area contributed by atoms with Crippen LogP contribution in [0.15, 0.2) is 24.3 Å². The molecule has 110 valence electrons. The lowest BCUT2D eigenvalue weighted by molar-refractivity contribution is -0.141. The standard InChI is InChI=1S/C14H15N3O3S/c1-2-20-12(18)7-17-14(19)9-4-3-8-5-11(13(15)16)21-10(8)6-9/h3-6H,2,7H2,1H3,(H3,15,16)(H,17,19). The monoisotopic (exact) mass is 305 g/mol. The highest BCUT2D eigenvalue weighted by Gasteiger charge is 2.11. The third-order valence-electron chi connectivity index (χ3n) is 2.75. The molecule has 1 heterocycles. The van der Waals surface area contributed by atoms with Gasteiger partial charge in [0.1, 0.15) is 12.4 Å². The molecule has 7 heteroatoms. The van der Waals surface area contributed by atoms with Crippen LogP contribution in [-0.2, 0) is 9.53 Å². The van der Waals surface area contributed by atoms with Crippen molar-refractivity contribution in [2.75, 3.05) is 13.2 Å². The fourth-order valence-corrected chi connectivity index (χ4v) is 2.74. The summed E-state index contributed by atoms with van der Waals surface area (Å²) in [5.41, 5.74) is 5.90. The number of esters is 1. The van der Waals surface area contributed by atoms with Gasteiger partial charge in [-0.05, 0) is 30.5 Å². The lowest BCUT2D eigenvalue weighted by Gasteiger charge is -2.05. The molecule has 0 fully saturated rings. The number of rotatable bonds is 5. The summed E-state index contributed by atoms with van der Waals surface area (Å²) in [6.45, 7) is 1.83. The SMILES string of the molecule is CCOC(=O)CNC(=O)c1ccc2cc(C(=N)N)sc2c1. The maximum Gasteiger partial charge on any atom is 0.325 e. The summed E-state index contributed by atoms with van der Waals surface area (Å²) < 4.78 is 5.60. The Bertz CT molecular complexity index is 709. The van der Waals surface area contributed by atoms with Crippen LogP contribution in [0.2, 0.25) is 0 Å². The minimum atomic E-state index is -0.470. The van der Waals surface area contributed by atoms with Crippen molar-refractivity contribution in [1.82, 2.24) is 5.32 Å². The van der Waals surface area contributed by atoms with Gasteiger partial charge in [0.05, 0.1) is 11.5 Å². The quantitative estimate of drug-likeness (QED) is 0.442. The van der Waals surface area contributed by atoms with Crippen molar-refractivity contribution >= 4 is 39.1 Å². The van der Waals surface area contributed by atoms with E-state index in [0.29, 0.717) is 10.4 Å². The second-order valence-corrected chi connectivity index (χ2v) is 5.35. The first-order chi connectivity index (χ1) is 10.0. The van der Waals surface area contributed by atoms with Crippen molar-refractivity contribution < 1.29 is 14.3 Å². The number of ether oxygens (including phenoxy) is 1. The summed E-state index contributed by atoms with van der Waals surface area (Å²) in [6, 6.07) is 6.98. The molecule has 0 aliphatic heterocycles. The zero-order valence-corrected chi connectivity index (χ0v) is 12.3. The first-order valence-corrected chi connectivity index (χ1v) is 7.14. The number of hydrogen-bond donors (Lipinski definition) is 3. The first-order valence-electron chi connectivity index (χ1n) is 6.33. The Labute approximate surface area is 125 Å². The van der Waals surface area contributed by atoms with Crippen LogP contribution in [0.25, 0.3) is 10.1 Å². The molecule has 0 saturated carbocycles. The highest BCUT2D eigenvalue weighted by molar-refractivity contribution is 7.20. The molecule has 0 saturated heterocycles. The Balaban J connectivity index is 2.12. The highest BCUT2D eigenvalue weighted by Crippen LogP contribution is 2.26. The fourth-order valence-electron chi connectivity index (χ4n) is 1.77. The Morgan fingerprint density at radius 2 is 2.14 bits per heavy atom. The average Bonchev–Trinajstić information content (AvgIpc) is 2.88. The van der Waals surface area contributed by atoms with Crippen LogP contribution in [0.5, 0.6) is 0 Å². The van der Waals surface area contributed by atoms with Gasteiger partial charge in [0, 0.05) is 10.3 Å². The minimum absolute atomic E-state index is 0.00418. The van der Waals surface area contributed by atoms with Crippen LogP contribution >= 0.6 is 11.3 Å². The summed E-state index contributed by atoms with van der Waals surface area (Å²) in [5, 5.41) is 10.8. The largest absolute Gasteiger partial charge is 0.465 e. The third kappa shape index (κ3) is 3.57. The van der Waals surface area contributed by atoms with E-state index in [1.54, 1.807) is 25.1 Å². The van der Waals surface area contributed by atoms with E-state index in [2.05, 4.69) is 5.32 Å². The van der Waals surface area contributed by atoms with E-state index in [-0.39, 0.29) is 24.9 Å². The summed E-state index contributed by atoms with van der Waals surface area (Å²) in [4.78, 5) is 23.8. The van der Waals surface area contributed by atoms with E-state index in [1.807, 2.05) is 6.07 Å². The number of nitrogens with one attached hydrogen (secondary N) is 2. The maximum absolute atomic E-state index is 12.0. The number of carbonyl (C=O) groups is 2. The first kappa shape index (κ1) is 15.0. The Hall–Kier alpha value is -2.41. The van der Waals surface area contributed by atoms with Crippen molar-refractivity contribution in [1.29, 1.82) is 5.41 Å². The molecule has 0 aliphatic rings. The Morgan fingerprint density at radius 1 is 1.38 bits per heavy atom. The number of benzene rings is 1. The van der Waals surface area contributed by atoms with E-state index in [1.165, 1.54) is 11.3 Å². The van der Waals surface area contributed by atoms with E-state index in [0.717, 1.165) is 10.1 Å². The number of carbonyl (C=O) groups excluding carboxylic acids is 2. The van der Waals surface area contributed by atoms with Gasteiger partial charge in [0.25, 0.3) is 5.91 Å². The van der Waals surface area contributed by atoms with E-state index in [9.17, 15) is 9.59 Å². The highest BCUT2D eigenvalue weighted by atomic mass is 32.1. The van der Waals surface area contributed by atoms with Gasteiger partial charge >= 0.3 is 5.97 Å². The van der Waals surface area contributed by atoms with Crippen LogP contribution in [0.4, 0.5) is 0 Å². The lowest BCUT2D eigenvalue weighted by Crippen LogP contribution is -2.30. The average molecular weight is 305 g/mol. The van der Waals surface area contributed by atoms with Gasteiger partial charge < -0.3 is 15.8 Å². The second-order valence-electron chi connectivity index (χ2n) is 4.26. The number of amides is 1. The molecule has 21 heavy (non-hydrogen) atoms. The molecule has 2 rings (SSSR count). The molecule has 0 bridgehead atoms. The van der Waals surface area contributed by atoms with Gasteiger partial charge in [-0.15, -0.1) is 11.3 Å². The van der Waals surface area contributed by atoms with Crippen LogP contribution in [0, 0.1) is 5.41 Å². The zero-order chi connectivity index (χ0) is 15.4. The van der Waals surface area contributed by atoms with Gasteiger partial charge in [0.2, 0.25) is 0 Å². The lowest BCUT2D eigenvalue weighted by atomic mass is 10.1. The molecule has 0 radical (unpaired) electrons. The van der Waals surface area contributed by atoms with Crippen molar-refractivity contribution in [2.45, 2.75) is 6.92 Å². The van der Waals surface area contributed by atoms with E-state index >= 15 is 0 Å². The normalized spacial score (nSPS) is 10.3. The number of hydrogen-bond acceptors (Lipinski definition) is 5. The van der Waals surface area contributed by atoms with Crippen LogP contribution in [0.1, 0.15) is 22.2 Å². The zero-order valence-electron chi connectivity index (χ0n) is 11.4. The van der Waals surface area contributed by atoms with E-state index in [4.69, 9.17) is 15.9 Å². The molecule has 0 spiro atoms. The molecule has 4 N–H and O–H groups in total. The molecule has 2 aromatic rings. The summed E-state index contributed by atoms with van der Waals surface area (Å²) >= 11 is 1.35. The van der Waals surface area contributed by atoms with Crippen molar-refractivity contribution in [2.24, 2.45) is 5.73 Å². The minimum Gasteiger partial charge on any atom is -0.465 e. The Kier molecular flexibility index (Phi) is 4.54. The smallest absolute Gasteiger partial charge is 0.325 e. The Morgan fingerprint density at radius 3 is 2.81 bits per heavy atom. The molecular weight excluding hydrogens is 290 g/mol. The number of thiophene rings is 1. The molecule has 0 atom stereocenters. The van der Waals surface area contributed by atoms with Crippen LogP contribution < -0.4 is 11.1 Å². The van der Waals surface area contributed by atoms with Gasteiger partial charge in [0.15, 0.2) is 0 Å². The number of nitrogen functional groups attached to an aromatic ring is 1. The second kappa shape index (κ2) is 6.36. The summed E-state index contributed by atoms with van der Waals surface area (Å²) in [6.07, 6.45) is 0. The third-order valence-corrected chi connectivity index (χ3v) is 3.88. The maximum atomic E-state index is 12.0. The molecular formula is C14H15N3O3S. The molecule has 1 amide bonds. The number of fused-ring (bicyclic) bond motifs is 1. The van der Waals surface area contributed by atoms with Crippen LogP contribution in [-0.4, -0.2) is 30.9 Å². The number of amidine groups is 1. The van der Waals surface area contributed by atoms with E-state index < -0.39 is 5.97 Å². The van der Waals surface area contributed by atoms with Gasteiger partial charge in [-0.25, -0.2) is 0 Å². The predicted octanol–water partition coefficient (Wildman–Crippen LogP) is 1.48. The topological polar surface area (TPSA) is 105 Å². The fraction of sp³-hybridized carbons (Fsp3) is 0.214. The van der Waals surface area contributed by atoms with Crippen LogP contribution in [0.3, 0.4) is 0 Å². The summed E-state index contributed by atoms with van der Waals surface area (Å²) in [5.74, 6) is -0.811. The van der Waals surface area contributed by atoms with Crippen molar-refractivity contribution in [3.8, 4) is 0 Å². The predicted molar refractivity (Wildman–Crippen MR) is 81.8 cm³/mol. The van der Waals surface area contributed by atoms with Gasteiger partial charge in [-0.3, -0.25) is 15.0 Å². The van der Waals surface area contributed by atoms with Gasteiger partial charge in [-0.1, -0.05) is 6.07 Å². The van der Waals surface area contributed by atoms with Gasteiger partial charge in [-0.2, -0.15) is 0 Å². The number of nitrogens with two attached hydrogens (primary N) is 1. The summed E-state index contributed by atoms with van der Waals surface area (Å²) in [7, 11) is 0. The molecule has 6 nitrogen and oxygen atoms in total. The van der Waals surface area contributed by atoms with Crippen molar-refractivity contribution in [3.63, 3.8) is 0 Å².